The van der Waals surface area contributed by atoms with Crippen LogP contribution >= 0.6 is 15.9 Å². The van der Waals surface area contributed by atoms with E-state index in [-0.39, 0.29) is 0 Å². The summed E-state index contributed by atoms with van der Waals surface area (Å²) in [6.45, 7) is 3.38. The van der Waals surface area contributed by atoms with Crippen LogP contribution in [-0.4, -0.2) is 18.9 Å². The monoisotopic (exact) mass is 323 g/mol. The molecule has 0 radical (unpaired) electrons. The standard InChI is InChI=1S/C17H26BrN/c1-3-15-7-9-16(10-8-15)19(2)14-17(13-18)11-5-4-6-12-17/h7-10H,3-6,11-14H2,1-2H3. The summed E-state index contributed by atoms with van der Waals surface area (Å²) in [5, 5.41) is 1.14. The van der Waals surface area contributed by atoms with Crippen molar-refractivity contribution in [1.29, 1.82) is 0 Å². The highest BCUT2D eigenvalue weighted by atomic mass is 79.9. The van der Waals surface area contributed by atoms with Crippen LogP contribution in [0.1, 0.15) is 44.6 Å². The summed E-state index contributed by atoms with van der Waals surface area (Å²) in [6.07, 6.45) is 8.08. The molecule has 0 saturated heterocycles. The Balaban J connectivity index is 2.03. The lowest BCUT2D eigenvalue weighted by Crippen LogP contribution is -2.38. The van der Waals surface area contributed by atoms with Crippen LogP contribution < -0.4 is 4.90 Å². The molecule has 0 aromatic heterocycles. The molecule has 1 fully saturated rings. The minimum atomic E-state index is 0.483. The van der Waals surface area contributed by atoms with E-state index < -0.39 is 0 Å². The lowest BCUT2D eigenvalue weighted by atomic mass is 9.75. The van der Waals surface area contributed by atoms with Gasteiger partial charge in [0.1, 0.15) is 0 Å². The highest BCUT2D eigenvalue weighted by Crippen LogP contribution is 2.39. The van der Waals surface area contributed by atoms with Gasteiger partial charge in [0.25, 0.3) is 0 Å². The SMILES string of the molecule is CCc1ccc(N(C)CC2(CBr)CCCCC2)cc1. The first-order chi connectivity index (χ1) is 9.19. The van der Waals surface area contributed by atoms with E-state index in [9.17, 15) is 0 Å². The first kappa shape index (κ1) is 14.9. The summed E-state index contributed by atoms with van der Waals surface area (Å²) in [7, 11) is 2.24. The number of benzene rings is 1. The van der Waals surface area contributed by atoms with Crippen molar-refractivity contribution in [3.05, 3.63) is 29.8 Å². The van der Waals surface area contributed by atoms with Gasteiger partial charge in [0.05, 0.1) is 0 Å². The number of anilines is 1. The van der Waals surface area contributed by atoms with Gasteiger partial charge >= 0.3 is 0 Å². The lowest BCUT2D eigenvalue weighted by Gasteiger charge is -2.39. The molecule has 0 aliphatic heterocycles. The van der Waals surface area contributed by atoms with Crippen LogP contribution in [0.25, 0.3) is 0 Å². The third-order valence-electron chi connectivity index (χ3n) is 4.56. The Kier molecular flexibility index (Phi) is 5.32. The molecule has 1 aliphatic carbocycles. The highest BCUT2D eigenvalue weighted by Gasteiger charge is 2.32. The summed E-state index contributed by atoms with van der Waals surface area (Å²) in [6, 6.07) is 9.05. The third kappa shape index (κ3) is 3.75. The van der Waals surface area contributed by atoms with E-state index in [1.165, 1.54) is 49.9 Å². The van der Waals surface area contributed by atoms with Crippen molar-refractivity contribution in [1.82, 2.24) is 0 Å². The number of hydrogen-bond donors (Lipinski definition) is 0. The highest BCUT2D eigenvalue weighted by molar-refractivity contribution is 9.09. The number of halogens is 1. The fourth-order valence-electron chi connectivity index (χ4n) is 3.22. The molecular formula is C17H26BrN. The fraction of sp³-hybridized carbons (Fsp3) is 0.647. The molecule has 0 bridgehead atoms. The molecule has 2 rings (SSSR count). The molecule has 0 spiro atoms. The number of rotatable bonds is 5. The van der Waals surface area contributed by atoms with Gasteiger partial charge in [0.15, 0.2) is 0 Å². The zero-order valence-electron chi connectivity index (χ0n) is 12.3. The minimum absolute atomic E-state index is 0.483. The molecule has 1 aromatic rings. The van der Waals surface area contributed by atoms with E-state index in [0.717, 1.165) is 11.8 Å². The molecule has 1 saturated carbocycles. The third-order valence-corrected chi connectivity index (χ3v) is 5.75. The molecule has 0 unspecified atom stereocenters. The number of hydrogen-bond acceptors (Lipinski definition) is 1. The summed E-state index contributed by atoms with van der Waals surface area (Å²) >= 11 is 3.77. The summed E-state index contributed by atoms with van der Waals surface area (Å²) in [4.78, 5) is 2.44. The van der Waals surface area contributed by atoms with Crippen LogP contribution in [0.5, 0.6) is 0 Å². The largest absolute Gasteiger partial charge is 0.374 e. The normalized spacial score (nSPS) is 18.3. The average molecular weight is 324 g/mol. The van der Waals surface area contributed by atoms with Crippen LogP contribution in [0, 0.1) is 5.41 Å². The molecular weight excluding hydrogens is 298 g/mol. The van der Waals surface area contributed by atoms with Crippen molar-refractivity contribution in [2.75, 3.05) is 23.8 Å². The lowest BCUT2D eigenvalue weighted by molar-refractivity contribution is 0.232. The number of alkyl halides is 1. The number of nitrogens with zero attached hydrogens (tertiary/aromatic N) is 1. The van der Waals surface area contributed by atoms with Crippen molar-refractivity contribution >= 4 is 21.6 Å². The van der Waals surface area contributed by atoms with Gasteiger partial charge in [-0.2, -0.15) is 0 Å². The van der Waals surface area contributed by atoms with Crippen LogP contribution in [0.4, 0.5) is 5.69 Å². The molecule has 19 heavy (non-hydrogen) atoms. The van der Waals surface area contributed by atoms with Crippen molar-refractivity contribution < 1.29 is 0 Å². The second-order valence-electron chi connectivity index (χ2n) is 6.07. The van der Waals surface area contributed by atoms with Gasteiger partial charge in [-0.1, -0.05) is 54.2 Å². The predicted octanol–water partition coefficient (Wildman–Crippen LogP) is 5.03. The molecule has 0 N–H and O–H groups in total. The summed E-state index contributed by atoms with van der Waals surface area (Å²) < 4.78 is 0. The molecule has 2 heteroatoms. The molecule has 0 atom stereocenters. The summed E-state index contributed by atoms with van der Waals surface area (Å²) in [5.41, 5.74) is 3.25. The van der Waals surface area contributed by atoms with E-state index in [1.807, 2.05) is 0 Å². The van der Waals surface area contributed by atoms with Crippen molar-refractivity contribution in [2.24, 2.45) is 5.41 Å². The number of aryl methyl sites for hydroxylation is 1. The van der Waals surface area contributed by atoms with E-state index in [2.05, 4.69) is 59.1 Å². The molecule has 106 valence electrons. The first-order valence-electron chi connectivity index (χ1n) is 7.55. The van der Waals surface area contributed by atoms with Gasteiger partial charge in [-0.15, -0.1) is 0 Å². The second-order valence-corrected chi connectivity index (χ2v) is 6.63. The maximum Gasteiger partial charge on any atom is 0.0363 e. The maximum absolute atomic E-state index is 3.77. The average Bonchev–Trinajstić information content (AvgIpc) is 2.48. The first-order valence-corrected chi connectivity index (χ1v) is 8.67. The van der Waals surface area contributed by atoms with Crippen LogP contribution in [0.3, 0.4) is 0 Å². The van der Waals surface area contributed by atoms with Gasteiger partial charge in [0, 0.05) is 24.6 Å². The minimum Gasteiger partial charge on any atom is -0.374 e. The van der Waals surface area contributed by atoms with Crippen molar-refractivity contribution in [2.45, 2.75) is 45.4 Å². The smallest absolute Gasteiger partial charge is 0.0363 e. The van der Waals surface area contributed by atoms with Gasteiger partial charge in [-0.3, -0.25) is 0 Å². The van der Waals surface area contributed by atoms with Crippen LogP contribution in [0.15, 0.2) is 24.3 Å². The fourth-order valence-corrected chi connectivity index (χ4v) is 3.95. The van der Waals surface area contributed by atoms with Gasteiger partial charge in [-0.05, 0) is 42.4 Å². The van der Waals surface area contributed by atoms with Crippen molar-refractivity contribution in [3.63, 3.8) is 0 Å². The molecule has 1 aromatic carbocycles. The Labute approximate surface area is 126 Å². The Morgan fingerprint density at radius 3 is 2.26 bits per heavy atom. The Hall–Kier alpha value is -0.500. The van der Waals surface area contributed by atoms with Crippen molar-refractivity contribution in [3.8, 4) is 0 Å². The van der Waals surface area contributed by atoms with E-state index in [4.69, 9.17) is 0 Å². The topological polar surface area (TPSA) is 3.24 Å². The Bertz CT molecular complexity index is 379. The molecule has 1 aliphatic rings. The quantitative estimate of drug-likeness (QED) is 0.687. The van der Waals surface area contributed by atoms with Crippen LogP contribution in [-0.2, 0) is 6.42 Å². The van der Waals surface area contributed by atoms with Gasteiger partial charge in [-0.25, -0.2) is 0 Å². The summed E-state index contributed by atoms with van der Waals surface area (Å²) in [5.74, 6) is 0. The van der Waals surface area contributed by atoms with E-state index >= 15 is 0 Å². The zero-order valence-corrected chi connectivity index (χ0v) is 13.9. The Morgan fingerprint density at radius 2 is 1.74 bits per heavy atom. The zero-order chi connectivity index (χ0) is 13.7. The van der Waals surface area contributed by atoms with E-state index in [1.54, 1.807) is 0 Å². The van der Waals surface area contributed by atoms with Gasteiger partial charge < -0.3 is 4.90 Å². The predicted molar refractivity (Wildman–Crippen MR) is 88.4 cm³/mol. The van der Waals surface area contributed by atoms with Crippen LogP contribution in [0.2, 0.25) is 0 Å². The van der Waals surface area contributed by atoms with Gasteiger partial charge in [0.2, 0.25) is 0 Å². The molecule has 1 nitrogen and oxygen atoms in total. The van der Waals surface area contributed by atoms with E-state index in [0.29, 0.717) is 5.41 Å². The molecule has 0 heterocycles. The maximum atomic E-state index is 3.77. The second kappa shape index (κ2) is 6.78. The Morgan fingerprint density at radius 1 is 1.11 bits per heavy atom. The molecule has 0 amide bonds.